The van der Waals surface area contributed by atoms with Gasteiger partial charge in [0.2, 0.25) is 0 Å². The van der Waals surface area contributed by atoms with Crippen LogP contribution in [0.3, 0.4) is 0 Å². The molecule has 1 aliphatic carbocycles. The number of pyridine rings is 1. The number of hydrogen-bond acceptors (Lipinski definition) is 5. The molecule has 142 valence electrons. The topological polar surface area (TPSA) is 109 Å². The molecule has 0 radical (unpaired) electrons. The molecule has 1 fully saturated rings. The van der Waals surface area contributed by atoms with Crippen LogP contribution in [0.25, 0.3) is 16.6 Å². The highest BCUT2D eigenvalue weighted by molar-refractivity contribution is 6.02. The summed E-state index contributed by atoms with van der Waals surface area (Å²) in [6, 6.07) is 6.84. The van der Waals surface area contributed by atoms with Crippen LogP contribution in [-0.2, 0) is 0 Å². The average molecular weight is 378 g/mol. The molecule has 0 spiro atoms. The maximum Gasteiger partial charge on any atom is 0.252 e. The van der Waals surface area contributed by atoms with Crippen molar-refractivity contribution in [2.75, 3.05) is 5.32 Å². The molecule has 28 heavy (non-hydrogen) atoms. The van der Waals surface area contributed by atoms with E-state index in [2.05, 4.69) is 15.4 Å². The normalized spacial score (nSPS) is 21.5. The Bertz CT molecular complexity index is 1100. The van der Waals surface area contributed by atoms with Crippen LogP contribution in [0, 0.1) is 11.3 Å². The maximum absolute atomic E-state index is 14.8. The molecule has 1 aliphatic rings. The first kappa shape index (κ1) is 17.9. The molecule has 3 heterocycles. The Hall–Kier alpha value is -3.47. The zero-order valence-corrected chi connectivity index (χ0v) is 15.3. The predicted octanol–water partition coefficient (Wildman–Crippen LogP) is 3.06. The van der Waals surface area contributed by atoms with Crippen molar-refractivity contribution in [1.29, 1.82) is 5.26 Å². The lowest BCUT2D eigenvalue weighted by Gasteiger charge is -2.26. The molecule has 7 nitrogen and oxygen atoms in total. The number of amides is 1. The Labute approximate surface area is 161 Å². The minimum absolute atomic E-state index is 0.220. The van der Waals surface area contributed by atoms with E-state index in [9.17, 15) is 9.18 Å². The number of alkyl halides is 1. The molecular weight excluding hydrogens is 359 g/mol. The van der Waals surface area contributed by atoms with Crippen LogP contribution in [0.5, 0.6) is 0 Å². The van der Waals surface area contributed by atoms with Gasteiger partial charge in [-0.25, -0.2) is 13.9 Å². The first-order chi connectivity index (χ1) is 13.4. The van der Waals surface area contributed by atoms with Crippen LogP contribution in [0.2, 0.25) is 0 Å². The molecule has 3 aromatic heterocycles. The number of fused-ring (bicyclic) bond motifs is 1. The highest BCUT2D eigenvalue weighted by Gasteiger charge is 2.39. The standard InChI is InChI=1S/C20H19FN6O/c1-20(21)6-2-3-17(20)26-18-15(19(23)28)10-25-27-11-13(7-16(18)27)12-4-5-14(8-22)24-9-12/h4-5,7,9-11,17,26H,2-3,6H2,1H3,(H2,23,28)/t17-,20+/m1/s1. The zero-order chi connectivity index (χ0) is 19.9. The van der Waals surface area contributed by atoms with Crippen molar-refractivity contribution >= 4 is 17.1 Å². The summed E-state index contributed by atoms with van der Waals surface area (Å²) in [4.78, 5) is 16.0. The van der Waals surface area contributed by atoms with Crippen LogP contribution in [0.15, 0.2) is 36.8 Å². The monoisotopic (exact) mass is 378 g/mol. The number of carbonyl (C=O) groups is 1. The fourth-order valence-electron chi connectivity index (χ4n) is 3.71. The Morgan fingerprint density at radius 2 is 2.25 bits per heavy atom. The average Bonchev–Trinajstić information content (AvgIpc) is 3.25. The van der Waals surface area contributed by atoms with E-state index in [0.29, 0.717) is 29.7 Å². The molecule has 1 amide bonds. The van der Waals surface area contributed by atoms with Gasteiger partial charge >= 0.3 is 0 Å². The summed E-state index contributed by atoms with van der Waals surface area (Å²) in [6.45, 7) is 1.58. The Morgan fingerprint density at radius 1 is 1.43 bits per heavy atom. The van der Waals surface area contributed by atoms with Crippen LogP contribution in [0.1, 0.15) is 42.2 Å². The number of carbonyl (C=O) groups excluding carboxylic acids is 1. The number of nitrogens with one attached hydrogen (secondary N) is 1. The minimum Gasteiger partial charge on any atom is -0.377 e. The molecule has 0 bridgehead atoms. The number of primary amides is 1. The third-order valence-corrected chi connectivity index (χ3v) is 5.32. The zero-order valence-electron chi connectivity index (χ0n) is 15.3. The predicted molar refractivity (Wildman–Crippen MR) is 102 cm³/mol. The number of aromatic nitrogens is 3. The molecule has 4 rings (SSSR count). The molecule has 0 saturated heterocycles. The van der Waals surface area contributed by atoms with Crippen molar-refractivity contribution in [2.24, 2.45) is 5.73 Å². The largest absolute Gasteiger partial charge is 0.377 e. The molecule has 3 N–H and O–H groups in total. The molecule has 2 atom stereocenters. The minimum atomic E-state index is -1.36. The lowest BCUT2D eigenvalue weighted by molar-refractivity contribution is 0.1000. The third kappa shape index (κ3) is 3.05. The molecule has 0 unspecified atom stereocenters. The van der Waals surface area contributed by atoms with E-state index < -0.39 is 17.6 Å². The highest BCUT2D eigenvalue weighted by Crippen LogP contribution is 2.37. The van der Waals surface area contributed by atoms with Gasteiger partial charge in [0, 0.05) is 23.5 Å². The van der Waals surface area contributed by atoms with Gasteiger partial charge in [0.05, 0.1) is 29.0 Å². The summed E-state index contributed by atoms with van der Waals surface area (Å²) in [5.74, 6) is -0.626. The van der Waals surface area contributed by atoms with Crippen molar-refractivity contribution in [2.45, 2.75) is 37.9 Å². The van der Waals surface area contributed by atoms with E-state index in [1.165, 1.54) is 6.20 Å². The number of rotatable bonds is 4. The third-order valence-electron chi connectivity index (χ3n) is 5.32. The summed E-state index contributed by atoms with van der Waals surface area (Å²) >= 11 is 0. The summed E-state index contributed by atoms with van der Waals surface area (Å²) in [5.41, 5.74) is 7.43. The summed E-state index contributed by atoms with van der Waals surface area (Å²) < 4.78 is 16.4. The molecule has 0 aliphatic heterocycles. The van der Waals surface area contributed by atoms with E-state index >= 15 is 0 Å². The SMILES string of the molecule is C[C@]1(F)CCC[C@H]1Nc1c(C(N)=O)cnn2cc(-c3ccc(C#N)nc3)cc12. The van der Waals surface area contributed by atoms with E-state index in [-0.39, 0.29) is 5.56 Å². The summed E-state index contributed by atoms with van der Waals surface area (Å²) in [6.07, 6.45) is 6.71. The number of anilines is 1. The van der Waals surface area contributed by atoms with E-state index in [1.54, 1.807) is 36.0 Å². The quantitative estimate of drug-likeness (QED) is 0.725. The second-order valence-electron chi connectivity index (χ2n) is 7.27. The van der Waals surface area contributed by atoms with Gasteiger partial charge in [-0.3, -0.25) is 4.79 Å². The van der Waals surface area contributed by atoms with Crippen molar-refractivity contribution < 1.29 is 9.18 Å². The van der Waals surface area contributed by atoms with Crippen molar-refractivity contribution in [1.82, 2.24) is 14.6 Å². The van der Waals surface area contributed by atoms with Crippen molar-refractivity contribution in [3.8, 4) is 17.2 Å². The smallest absolute Gasteiger partial charge is 0.252 e. The summed E-state index contributed by atoms with van der Waals surface area (Å²) in [5, 5.41) is 16.4. The first-order valence-electron chi connectivity index (χ1n) is 9.02. The van der Waals surface area contributed by atoms with Gasteiger partial charge in [-0.05, 0) is 44.4 Å². The van der Waals surface area contributed by atoms with E-state index in [4.69, 9.17) is 11.0 Å². The van der Waals surface area contributed by atoms with Gasteiger partial charge in [0.1, 0.15) is 17.4 Å². The second-order valence-corrected chi connectivity index (χ2v) is 7.27. The number of nitriles is 1. The number of nitrogens with two attached hydrogens (primary N) is 1. The van der Waals surface area contributed by atoms with E-state index in [1.807, 2.05) is 12.1 Å². The van der Waals surface area contributed by atoms with Crippen molar-refractivity contribution in [3.63, 3.8) is 0 Å². The van der Waals surface area contributed by atoms with Crippen LogP contribution in [0.4, 0.5) is 10.1 Å². The Kier molecular flexibility index (Phi) is 4.23. The number of hydrogen-bond donors (Lipinski definition) is 2. The van der Waals surface area contributed by atoms with Crippen LogP contribution in [-0.4, -0.2) is 32.2 Å². The molecular formula is C20H19FN6O. The lowest BCUT2D eigenvalue weighted by Crippen LogP contribution is -2.36. The fourth-order valence-corrected chi connectivity index (χ4v) is 3.71. The van der Waals surface area contributed by atoms with Gasteiger partial charge in [-0.2, -0.15) is 10.4 Å². The maximum atomic E-state index is 14.8. The summed E-state index contributed by atoms with van der Waals surface area (Å²) in [7, 11) is 0. The second kappa shape index (κ2) is 6.60. The molecule has 1 saturated carbocycles. The Morgan fingerprint density at radius 3 is 2.86 bits per heavy atom. The van der Waals surface area contributed by atoms with Gasteiger partial charge in [-0.15, -0.1) is 0 Å². The molecule has 8 heteroatoms. The lowest BCUT2D eigenvalue weighted by atomic mass is 10.0. The first-order valence-corrected chi connectivity index (χ1v) is 9.02. The molecule has 3 aromatic rings. The van der Waals surface area contributed by atoms with Gasteiger partial charge < -0.3 is 11.1 Å². The van der Waals surface area contributed by atoms with Crippen LogP contribution < -0.4 is 11.1 Å². The Balaban J connectivity index is 1.81. The van der Waals surface area contributed by atoms with Crippen LogP contribution >= 0.6 is 0 Å². The van der Waals surface area contributed by atoms with Gasteiger partial charge in [0.25, 0.3) is 5.91 Å². The van der Waals surface area contributed by atoms with Crippen molar-refractivity contribution in [3.05, 3.63) is 48.0 Å². The highest BCUT2D eigenvalue weighted by atomic mass is 19.1. The number of halogens is 1. The van der Waals surface area contributed by atoms with Gasteiger partial charge in [-0.1, -0.05) is 0 Å². The fraction of sp³-hybridized carbons (Fsp3) is 0.300. The molecule has 0 aromatic carbocycles. The van der Waals surface area contributed by atoms with E-state index in [0.717, 1.165) is 17.5 Å². The number of nitrogens with zero attached hydrogens (tertiary/aromatic N) is 4. The van der Waals surface area contributed by atoms with Gasteiger partial charge in [0.15, 0.2) is 0 Å².